The van der Waals surface area contributed by atoms with Crippen LogP contribution >= 0.6 is 0 Å². The first-order valence-corrected chi connectivity index (χ1v) is 5.89. The van der Waals surface area contributed by atoms with Gasteiger partial charge in [-0.3, -0.25) is 15.1 Å². The van der Waals surface area contributed by atoms with Crippen LogP contribution in [0.25, 0.3) is 10.9 Å². The Bertz CT molecular complexity index is 763. The molecule has 2 heterocycles. The van der Waals surface area contributed by atoms with Gasteiger partial charge in [0.1, 0.15) is 0 Å². The van der Waals surface area contributed by atoms with Crippen LogP contribution in [0.3, 0.4) is 0 Å². The highest BCUT2D eigenvalue weighted by Crippen LogP contribution is 2.17. The number of para-hydroxylation sites is 1. The number of nitrogens with one attached hydrogen (secondary N) is 2. The average molecular weight is 269 g/mol. The monoisotopic (exact) mass is 269 g/mol. The maximum Gasteiger partial charge on any atom is 0.336 e. The molecule has 1 amide bonds. The molecule has 0 aliphatic heterocycles. The van der Waals surface area contributed by atoms with E-state index in [-0.39, 0.29) is 17.9 Å². The summed E-state index contributed by atoms with van der Waals surface area (Å²) >= 11 is 0. The molecule has 0 radical (unpaired) electrons. The predicted molar refractivity (Wildman–Crippen MR) is 72.6 cm³/mol. The molecule has 2 N–H and O–H groups in total. The van der Waals surface area contributed by atoms with Crippen molar-refractivity contribution in [1.82, 2.24) is 20.2 Å². The minimum absolute atomic E-state index is 0.167. The third kappa shape index (κ3) is 2.16. The molecule has 2 aromatic heterocycles. The molecule has 1 aromatic carbocycles. The zero-order valence-corrected chi connectivity index (χ0v) is 10.6. The first-order valence-electron chi connectivity index (χ1n) is 5.89. The second-order valence-electron chi connectivity index (χ2n) is 4.00. The fourth-order valence-corrected chi connectivity index (χ4v) is 1.86. The van der Waals surface area contributed by atoms with Crippen LogP contribution in [0.1, 0.15) is 10.4 Å². The number of aromatic nitrogens is 4. The van der Waals surface area contributed by atoms with E-state index in [4.69, 9.17) is 4.74 Å². The molecule has 7 nitrogen and oxygen atoms in total. The third-order valence-corrected chi connectivity index (χ3v) is 2.77. The smallest absolute Gasteiger partial charge is 0.336 e. The van der Waals surface area contributed by atoms with Crippen LogP contribution in [0.2, 0.25) is 0 Å². The summed E-state index contributed by atoms with van der Waals surface area (Å²) in [5, 5.41) is 9.74. The second-order valence-corrected chi connectivity index (χ2v) is 4.00. The van der Waals surface area contributed by atoms with E-state index in [9.17, 15) is 4.79 Å². The van der Waals surface area contributed by atoms with E-state index in [1.807, 2.05) is 24.3 Å². The molecule has 0 unspecified atom stereocenters. The molecule has 20 heavy (non-hydrogen) atoms. The molecule has 0 saturated heterocycles. The number of hydrogen-bond donors (Lipinski definition) is 2. The number of carbonyl (C=O) groups is 1. The van der Waals surface area contributed by atoms with Gasteiger partial charge in [-0.05, 0) is 12.1 Å². The van der Waals surface area contributed by atoms with E-state index in [0.29, 0.717) is 5.56 Å². The maximum absolute atomic E-state index is 12.3. The molecule has 0 aliphatic rings. The van der Waals surface area contributed by atoms with Crippen LogP contribution in [0, 0.1) is 0 Å². The van der Waals surface area contributed by atoms with Crippen molar-refractivity contribution in [3.8, 4) is 6.01 Å². The average Bonchev–Trinajstić information content (AvgIpc) is 2.94. The predicted octanol–water partition coefficient (Wildman–Crippen LogP) is 1.61. The fourth-order valence-electron chi connectivity index (χ4n) is 1.86. The number of carbonyl (C=O) groups excluding carboxylic acids is 1. The number of benzene rings is 1. The summed E-state index contributed by atoms with van der Waals surface area (Å²) in [6.07, 6.45) is 1.60. The lowest BCUT2D eigenvalue weighted by Crippen LogP contribution is -2.13. The number of anilines is 1. The minimum atomic E-state index is -0.289. The highest BCUT2D eigenvalue weighted by atomic mass is 16.5. The van der Waals surface area contributed by atoms with E-state index >= 15 is 0 Å². The second kappa shape index (κ2) is 4.96. The van der Waals surface area contributed by atoms with Crippen molar-refractivity contribution in [1.29, 1.82) is 0 Å². The normalized spacial score (nSPS) is 10.4. The summed E-state index contributed by atoms with van der Waals surface area (Å²) < 4.78 is 4.84. The number of nitrogens with zero attached hydrogens (tertiary/aromatic N) is 3. The third-order valence-electron chi connectivity index (χ3n) is 2.77. The van der Waals surface area contributed by atoms with Crippen LogP contribution in [0.15, 0.2) is 36.5 Å². The number of ether oxygens (including phenoxy) is 1. The fraction of sp³-hybridized carbons (Fsp3) is 0.0769. The van der Waals surface area contributed by atoms with E-state index in [1.54, 1.807) is 12.3 Å². The molecule has 7 heteroatoms. The van der Waals surface area contributed by atoms with Gasteiger partial charge in [0.15, 0.2) is 0 Å². The molecule has 0 fully saturated rings. The number of amides is 1. The lowest BCUT2D eigenvalue weighted by atomic mass is 10.1. The van der Waals surface area contributed by atoms with Crippen molar-refractivity contribution in [2.45, 2.75) is 0 Å². The molecule has 100 valence electrons. The molecule has 0 spiro atoms. The van der Waals surface area contributed by atoms with Crippen molar-refractivity contribution in [2.24, 2.45) is 0 Å². The molecular formula is C13H11N5O2. The molecule has 0 saturated carbocycles. The van der Waals surface area contributed by atoms with Crippen molar-refractivity contribution < 1.29 is 9.53 Å². The van der Waals surface area contributed by atoms with Crippen molar-refractivity contribution in [3.63, 3.8) is 0 Å². The summed E-state index contributed by atoms with van der Waals surface area (Å²) in [4.78, 5) is 20.4. The van der Waals surface area contributed by atoms with E-state index in [0.717, 1.165) is 10.9 Å². The largest absolute Gasteiger partial charge is 0.466 e. The SMILES string of the molecule is COc1n[nH]c(NC(=O)c2ccnc3ccccc23)n1. The van der Waals surface area contributed by atoms with Gasteiger partial charge in [-0.2, -0.15) is 4.98 Å². The Morgan fingerprint density at radius 2 is 2.15 bits per heavy atom. The highest BCUT2D eigenvalue weighted by molar-refractivity contribution is 6.11. The number of fused-ring (bicyclic) bond motifs is 1. The van der Waals surface area contributed by atoms with Gasteiger partial charge in [0, 0.05) is 11.6 Å². The summed E-state index contributed by atoms with van der Waals surface area (Å²) in [5.41, 5.74) is 1.28. The first-order chi connectivity index (χ1) is 9.78. The molecule has 3 rings (SSSR count). The van der Waals surface area contributed by atoms with Gasteiger partial charge in [0.2, 0.25) is 5.95 Å². The number of pyridine rings is 1. The summed E-state index contributed by atoms with van der Waals surface area (Å²) in [6, 6.07) is 9.25. The molecule has 3 aromatic rings. The summed E-state index contributed by atoms with van der Waals surface area (Å²) in [5.74, 6) is -0.0600. The van der Waals surface area contributed by atoms with Gasteiger partial charge >= 0.3 is 6.01 Å². The van der Waals surface area contributed by atoms with E-state index in [2.05, 4.69) is 25.5 Å². The maximum atomic E-state index is 12.3. The lowest BCUT2D eigenvalue weighted by Gasteiger charge is -2.04. The van der Waals surface area contributed by atoms with Crippen LogP contribution in [0.4, 0.5) is 5.95 Å². The standard InChI is InChI=1S/C13H11N5O2/c1-20-13-16-12(17-18-13)15-11(19)9-6-7-14-10-5-3-2-4-8(9)10/h2-7H,1H3,(H2,15,16,17,18,19). The van der Waals surface area contributed by atoms with Gasteiger partial charge < -0.3 is 4.74 Å². The number of methoxy groups -OCH3 is 1. The lowest BCUT2D eigenvalue weighted by molar-refractivity contribution is 0.102. The zero-order valence-electron chi connectivity index (χ0n) is 10.6. The van der Waals surface area contributed by atoms with Crippen molar-refractivity contribution in [3.05, 3.63) is 42.1 Å². The minimum Gasteiger partial charge on any atom is -0.466 e. The van der Waals surface area contributed by atoms with Crippen LogP contribution in [-0.4, -0.2) is 33.2 Å². The Kier molecular flexibility index (Phi) is 3.00. The van der Waals surface area contributed by atoms with E-state index in [1.165, 1.54) is 7.11 Å². The zero-order chi connectivity index (χ0) is 13.9. The number of H-pyrrole nitrogens is 1. The Morgan fingerprint density at radius 1 is 1.30 bits per heavy atom. The Labute approximate surface area is 114 Å². The first kappa shape index (κ1) is 12.1. The molecular weight excluding hydrogens is 258 g/mol. The Balaban J connectivity index is 1.92. The molecule has 0 bridgehead atoms. The topological polar surface area (TPSA) is 92.8 Å². The van der Waals surface area contributed by atoms with Gasteiger partial charge in [-0.15, -0.1) is 5.10 Å². The summed E-state index contributed by atoms with van der Waals surface area (Å²) in [6.45, 7) is 0. The van der Waals surface area contributed by atoms with Gasteiger partial charge in [0.05, 0.1) is 18.2 Å². The quantitative estimate of drug-likeness (QED) is 0.753. The van der Waals surface area contributed by atoms with Gasteiger partial charge in [0.25, 0.3) is 5.91 Å². The van der Waals surface area contributed by atoms with E-state index < -0.39 is 0 Å². The number of hydrogen-bond acceptors (Lipinski definition) is 5. The summed E-state index contributed by atoms with van der Waals surface area (Å²) in [7, 11) is 1.45. The van der Waals surface area contributed by atoms with Gasteiger partial charge in [-0.1, -0.05) is 18.2 Å². The number of rotatable bonds is 3. The molecule has 0 atom stereocenters. The van der Waals surface area contributed by atoms with Crippen LogP contribution < -0.4 is 10.1 Å². The highest BCUT2D eigenvalue weighted by Gasteiger charge is 2.12. The van der Waals surface area contributed by atoms with Crippen LogP contribution in [0.5, 0.6) is 6.01 Å². The van der Waals surface area contributed by atoms with Crippen LogP contribution in [-0.2, 0) is 0 Å². The van der Waals surface area contributed by atoms with Crippen molar-refractivity contribution in [2.75, 3.05) is 12.4 Å². The van der Waals surface area contributed by atoms with Crippen molar-refractivity contribution >= 4 is 22.8 Å². The van der Waals surface area contributed by atoms with Gasteiger partial charge in [-0.25, -0.2) is 5.10 Å². The molecule has 0 aliphatic carbocycles. The Hall–Kier alpha value is -2.96. The Morgan fingerprint density at radius 3 is 2.95 bits per heavy atom. The number of aromatic amines is 1.